The number of hydrogen-bond acceptors (Lipinski definition) is 3. The van der Waals surface area contributed by atoms with E-state index in [-0.39, 0.29) is 5.82 Å². The van der Waals surface area contributed by atoms with Crippen molar-refractivity contribution in [3.05, 3.63) is 41.9 Å². The zero-order valence-corrected chi connectivity index (χ0v) is 10.5. The van der Waals surface area contributed by atoms with Gasteiger partial charge in [0.2, 0.25) is 0 Å². The van der Waals surface area contributed by atoms with Crippen LogP contribution in [0.5, 0.6) is 0 Å². The van der Waals surface area contributed by atoms with Crippen molar-refractivity contribution < 1.29 is 13.6 Å². The molecule has 2 aromatic heterocycles. The maximum atomic E-state index is 13.4. The van der Waals surface area contributed by atoms with E-state index >= 15 is 0 Å². The summed E-state index contributed by atoms with van der Waals surface area (Å²) in [5.74, 6) is -1.96. The molecule has 2 aromatic rings. The molecule has 1 amide bonds. The lowest BCUT2D eigenvalue weighted by atomic mass is 10.2. The van der Waals surface area contributed by atoms with Gasteiger partial charge in [-0.3, -0.25) is 14.5 Å². The number of nitrogens with one attached hydrogen (secondary N) is 1. The Morgan fingerprint density at radius 3 is 2.70 bits per heavy atom. The number of hydrogen-bond donors (Lipinski definition) is 1. The van der Waals surface area contributed by atoms with E-state index in [1.807, 2.05) is 0 Å². The van der Waals surface area contributed by atoms with Gasteiger partial charge in [0.15, 0.2) is 17.5 Å². The highest BCUT2D eigenvalue weighted by Crippen LogP contribution is 2.30. The fraction of sp³-hybridized carbons (Fsp3) is 0.308. The smallest absolute Gasteiger partial charge is 0.262 e. The molecule has 2 heterocycles. The molecule has 1 aliphatic rings. The molecule has 1 fully saturated rings. The van der Waals surface area contributed by atoms with Gasteiger partial charge in [-0.15, -0.1) is 0 Å². The maximum absolute atomic E-state index is 13.4. The van der Waals surface area contributed by atoms with Gasteiger partial charge >= 0.3 is 0 Å². The molecule has 0 aliphatic heterocycles. The number of pyridine rings is 1. The zero-order chi connectivity index (χ0) is 14.1. The molecule has 1 saturated carbocycles. The summed E-state index contributed by atoms with van der Waals surface area (Å²) in [6.07, 6.45) is 5.70. The van der Waals surface area contributed by atoms with Crippen molar-refractivity contribution in [3.8, 4) is 0 Å². The molecule has 0 unspecified atom stereocenters. The Balaban J connectivity index is 1.73. The van der Waals surface area contributed by atoms with Crippen molar-refractivity contribution in [2.75, 3.05) is 5.32 Å². The molecule has 5 nitrogen and oxygen atoms in total. The quantitative estimate of drug-likeness (QED) is 0.932. The molecule has 0 radical (unpaired) electrons. The SMILES string of the molecule is O=C(Nc1ccn(CC2CC2)n1)c1c(F)cncc1F. The minimum atomic E-state index is -1.00. The highest BCUT2D eigenvalue weighted by Gasteiger charge is 2.22. The number of amides is 1. The van der Waals surface area contributed by atoms with Crippen molar-refractivity contribution in [3.63, 3.8) is 0 Å². The fourth-order valence-electron chi connectivity index (χ4n) is 1.90. The Morgan fingerprint density at radius 2 is 2.05 bits per heavy atom. The second-order valence-corrected chi connectivity index (χ2v) is 4.80. The summed E-state index contributed by atoms with van der Waals surface area (Å²) in [6.45, 7) is 0.799. The van der Waals surface area contributed by atoms with Crippen LogP contribution < -0.4 is 5.32 Å². The van der Waals surface area contributed by atoms with Gasteiger partial charge in [0.05, 0.1) is 12.4 Å². The minimum absolute atomic E-state index is 0.270. The van der Waals surface area contributed by atoms with Gasteiger partial charge in [-0.05, 0) is 18.8 Å². The third-order valence-corrected chi connectivity index (χ3v) is 3.10. The first-order chi connectivity index (χ1) is 9.63. The molecule has 0 atom stereocenters. The summed E-state index contributed by atoms with van der Waals surface area (Å²) in [6, 6.07) is 1.59. The third kappa shape index (κ3) is 2.66. The normalized spacial score (nSPS) is 14.3. The number of carbonyl (C=O) groups is 1. The molecule has 0 spiro atoms. The van der Waals surface area contributed by atoms with Crippen molar-refractivity contribution >= 4 is 11.7 Å². The number of anilines is 1. The van der Waals surface area contributed by atoms with Crippen LogP contribution in [0.15, 0.2) is 24.7 Å². The van der Waals surface area contributed by atoms with Crippen LogP contribution in [0.1, 0.15) is 23.2 Å². The van der Waals surface area contributed by atoms with E-state index in [1.165, 1.54) is 12.8 Å². The van der Waals surface area contributed by atoms with Crippen molar-refractivity contribution in [1.29, 1.82) is 0 Å². The van der Waals surface area contributed by atoms with Gasteiger partial charge in [0.1, 0.15) is 5.56 Å². The molecule has 1 aliphatic carbocycles. The van der Waals surface area contributed by atoms with Gasteiger partial charge < -0.3 is 5.32 Å². The maximum Gasteiger partial charge on any atom is 0.262 e. The molecule has 20 heavy (non-hydrogen) atoms. The van der Waals surface area contributed by atoms with Crippen LogP contribution in [0.4, 0.5) is 14.6 Å². The predicted octanol–water partition coefficient (Wildman–Crippen LogP) is 2.22. The lowest BCUT2D eigenvalue weighted by molar-refractivity contribution is 0.101. The summed E-state index contributed by atoms with van der Waals surface area (Å²) in [5, 5.41) is 6.51. The molecule has 1 N–H and O–H groups in total. The van der Waals surface area contributed by atoms with Crippen molar-refractivity contribution in [2.45, 2.75) is 19.4 Å². The third-order valence-electron chi connectivity index (χ3n) is 3.10. The van der Waals surface area contributed by atoms with Crippen LogP contribution in [0.3, 0.4) is 0 Å². The average Bonchev–Trinajstić information content (AvgIpc) is 3.09. The van der Waals surface area contributed by atoms with Crippen molar-refractivity contribution in [1.82, 2.24) is 14.8 Å². The fourth-order valence-corrected chi connectivity index (χ4v) is 1.90. The lowest BCUT2D eigenvalue weighted by Gasteiger charge is -2.04. The molecule has 3 rings (SSSR count). The van der Waals surface area contributed by atoms with Crippen LogP contribution >= 0.6 is 0 Å². The van der Waals surface area contributed by atoms with E-state index in [0.29, 0.717) is 5.92 Å². The van der Waals surface area contributed by atoms with Crippen molar-refractivity contribution in [2.24, 2.45) is 5.92 Å². The second-order valence-electron chi connectivity index (χ2n) is 4.80. The second kappa shape index (κ2) is 4.99. The molecular weight excluding hydrogens is 266 g/mol. The Labute approximate surface area is 113 Å². The Hall–Kier alpha value is -2.31. The van der Waals surface area contributed by atoms with E-state index < -0.39 is 23.1 Å². The average molecular weight is 278 g/mol. The lowest BCUT2D eigenvalue weighted by Crippen LogP contribution is -2.16. The first kappa shape index (κ1) is 12.7. The number of nitrogens with zero attached hydrogens (tertiary/aromatic N) is 3. The standard InChI is InChI=1S/C13H12F2N4O/c14-9-5-16-6-10(15)12(9)13(20)17-11-3-4-19(18-11)7-8-1-2-8/h3-6,8H,1-2,7H2,(H,17,18,20). The van der Waals surface area contributed by atoms with Gasteiger partial charge in [0.25, 0.3) is 5.91 Å². The van der Waals surface area contributed by atoms with Crippen LogP contribution in [0.2, 0.25) is 0 Å². The summed E-state index contributed by atoms with van der Waals surface area (Å²) in [5.41, 5.74) is -0.656. The van der Waals surface area contributed by atoms with Gasteiger partial charge in [-0.25, -0.2) is 8.78 Å². The number of rotatable bonds is 4. The molecule has 104 valence electrons. The Kier molecular flexibility index (Phi) is 3.17. The van der Waals surface area contributed by atoms with E-state index in [4.69, 9.17) is 0 Å². The first-order valence-corrected chi connectivity index (χ1v) is 6.27. The first-order valence-electron chi connectivity index (χ1n) is 6.27. The van der Waals surface area contributed by atoms with Crippen LogP contribution in [-0.4, -0.2) is 20.7 Å². The van der Waals surface area contributed by atoms with Crippen LogP contribution in [0, 0.1) is 17.6 Å². The highest BCUT2D eigenvalue weighted by atomic mass is 19.1. The zero-order valence-electron chi connectivity index (χ0n) is 10.5. The number of halogens is 2. The largest absolute Gasteiger partial charge is 0.305 e. The van der Waals surface area contributed by atoms with E-state index in [9.17, 15) is 13.6 Å². The number of carbonyl (C=O) groups excluding carboxylic acids is 1. The molecule has 0 aromatic carbocycles. The molecule has 0 bridgehead atoms. The van der Waals surface area contributed by atoms with Gasteiger partial charge in [-0.1, -0.05) is 0 Å². The van der Waals surface area contributed by atoms with Gasteiger partial charge in [-0.2, -0.15) is 5.10 Å². The van der Waals surface area contributed by atoms with Crippen LogP contribution in [-0.2, 0) is 6.54 Å². The summed E-state index contributed by atoms with van der Waals surface area (Å²) in [7, 11) is 0. The molecular formula is C13H12F2N4O. The number of aromatic nitrogens is 3. The Morgan fingerprint density at radius 1 is 1.35 bits per heavy atom. The summed E-state index contributed by atoms with van der Waals surface area (Å²) in [4.78, 5) is 15.2. The van der Waals surface area contributed by atoms with E-state index in [2.05, 4.69) is 15.4 Å². The molecule has 7 heteroatoms. The monoisotopic (exact) mass is 278 g/mol. The highest BCUT2D eigenvalue weighted by molar-refractivity contribution is 6.04. The van der Waals surface area contributed by atoms with Gasteiger partial charge in [0, 0.05) is 18.8 Å². The summed E-state index contributed by atoms with van der Waals surface area (Å²) < 4.78 is 28.5. The predicted molar refractivity (Wildman–Crippen MR) is 67.1 cm³/mol. The van der Waals surface area contributed by atoms with E-state index in [1.54, 1.807) is 16.9 Å². The van der Waals surface area contributed by atoms with Crippen LogP contribution in [0.25, 0.3) is 0 Å². The Bertz CT molecular complexity index is 631. The summed E-state index contributed by atoms with van der Waals surface area (Å²) >= 11 is 0. The minimum Gasteiger partial charge on any atom is -0.305 e. The molecule has 0 saturated heterocycles. The topological polar surface area (TPSA) is 59.8 Å². The van der Waals surface area contributed by atoms with E-state index in [0.717, 1.165) is 18.9 Å².